The Kier molecular flexibility index (Phi) is 4.94. The summed E-state index contributed by atoms with van der Waals surface area (Å²) < 4.78 is 36.4. The molecule has 0 bridgehead atoms. The summed E-state index contributed by atoms with van der Waals surface area (Å²) in [6.45, 7) is -0.204. The fourth-order valence-corrected chi connectivity index (χ4v) is 1.78. The van der Waals surface area contributed by atoms with Crippen LogP contribution < -0.4 is 0 Å². The summed E-state index contributed by atoms with van der Waals surface area (Å²) in [5.41, 5.74) is 0. The van der Waals surface area contributed by atoms with E-state index in [0.717, 1.165) is 0 Å². The van der Waals surface area contributed by atoms with E-state index >= 15 is 0 Å². The standard InChI is InChI=1S/C10H15F3N2O3/c11-10(12,13)7-14-3-5-15(6-4-14)8(16)1-2-9(17)18/h1-7H2,(H,17,18). The lowest BCUT2D eigenvalue weighted by molar-refractivity contribution is -0.152. The summed E-state index contributed by atoms with van der Waals surface area (Å²) in [6, 6.07) is 0. The van der Waals surface area contributed by atoms with Crippen molar-refractivity contribution in [2.24, 2.45) is 0 Å². The van der Waals surface area contributed by atoms with E-state index in [4.69, 9.17) is 5.11 Å². The van der Waals surface area contributed by atoms with Crippen molar-refractivity contribution in [3.63, 3.8) is 0 Å². The Morgan fingerprint density at radius 2 is 1.61 bits per heavy atom. The van der Waals surface area contributed by atoms with Crippen LogP contribution in [0.15, 0.2) is 0 Å². The summed E-state index contributed by atoms with van der Waals surface area (Å²) in [7, 11) is 0. The molecule has 0 aromatic rings. The molecule has 1 fully saturated rings. The SMILES string of the molecule is O=C(O)CCC(=O)N1CCN(CC(F)(F)F)CC1. The van der Waals surface area contributed by atoms with Crippen LogP contribution in [0, 0.1) is 0 Å². The van der Waals surface area contributed by atoms with Gasteiger partial charge in [0.1, 0.15) is 0 Å². The van der Waals surface area contributed by atoms with Crippen molar-refractivity contribution in [1.29, 1.82) is 0 Å². The lowest BCUT2D eigenvalue weighted by Crippen LogP contribution is -2.50. The first-order valence-corrected chi connectivity index (χ1v) is 5.56. The predicted octanol–water partition coefficient (Wildman–Crippen LogP) is 0.558. The number of carboxylic acid groups (broad SMARTS) is 1. The number of hydrogen-bond acceptors (Lipinski definition) is 3. The first-order chi connectivity index (χ1) is 8.28. The molecule has 0 aromatic heterocycles. The van der Waals surface area contributed by atoms with E-state index < -0.39 is 18.7 Å². The lowest BCUT2D eigenvalue weighted by atomic mass is 10.2. The zero-order valence-electron chi connectivity index (χ0n) is 9.74. The van der Waals surface area contributed by atoms with Crippen LogP contribution in [0.5, 0.6) is 0 Å². The van der Waals surface area contributed by atoms with E-state index in [9.17, 15) is 22.8 Å². The van der Waals surface area contributed by atoms with Crippen molar-refractivity contribution in [2.75, 3.05) is 32.7 Å². The number of rotatable bonds is 4. The van der Waals surface area contributed by atoms with Gasteiger partial charge in [-0.1, -0.05) is 0 Å². The zero-order chi connectivity index (χ0) is 13.8. The van der Waals surface area contributed by atoms with Crippen molar-refractivity contribution >= 4 is 11.9 Å². The molecule has 0 aliphatic carbocycles. The maximum absolute atomic E-state index is 12.1. The van der Waals surface area contributed by atoms with Crippen LogP contribution in [0.4, 0.5) is 13.2 Å². The highest BCUT2D eigenvalue weighted by Gasteiger charge is 2.32. The van der Waals surface area contributed by atoms with Gasteiger partial charge in [0.15, 0.2) is 0 Å². The topological polar surface area (TPSA) is 60.9 Å². The molecule has 1 saturated heterocycles. The third-order valence-corrected chi connectivity index (χ3v) is 2.68. The Bertz CT molecular complexity index is 312. The first kappa shape index (κ1) is 14.7. The van der Waals surface area contributed by atoms with Crippen LogP contribution in [-0.4, -0.2) is 65.7 Å². The van der Waals surface area contributed by atoms with Crippen LogP contribution >= 0.6 is 0 Å². The minimum absolute atomic E-state index is 0.103. The van der Waals surface area contributed by atoms with Gasteiger partial charge in [-0.3, -0.25) is 14.5 Å². The van der Waals surface area contributed by atoms with Crippen molar-refractivity contribution in [3.8, 4) is 0 Å². The molecule has 1 aliphatic rings. The van der Waals surface area contributed by atoms with Gasteiger partial charge in [-0.05, 0) is 0 Å². The normalized spacial score (nSPS) is 17.8. The second kappa shape index (κ2) is 6.03. The van der Waals surface area contributed by atoms with Crippen molar-refractivity contribution in [2.45, 2.75) is 19.0 Å². The van der Waals surface area contributed by atoms with E-state index in [1.807, 2.05) is 0 Å². The number of nitrogens with zero attached hydrogens (tertiary/aromatic N) is 2. The highest BCUT2D eigenvalue weighted by molar-refractivity contribution is 5.80. The number of carboxylic acids is 1. The van der Waals surface area contributed by atoms with Gasteiger partial charge in [-0.25, -0.2) is 0 Å². The molecular weight excluding hydrogens is 253 g/mol. The third-order valence-electron chi connectivity index (χ3n) is 2.68. The van der Waals surface area contributed by atoms with Crippen LogP contribution in [-0.2, 0) is 9.59 Å². The molecule has 1 heterocycles. The Balaban J connectivity index is 2.30. The number of hydrogen-bond donors (Lipinski definition) is 1. The quantitative estimate of drug-likeness (QED) is 0.809. The second-order valence-corrected chi connectivity index (χ2v) is 4.17. The molecule has 1 aliphatic heterocycles. The largest absolute Gasteiger partial charge is 0.481 e. The number of aliphatic carboxylic acids is 1. The molecule has 0 atom stereocenters. The molecule has 0 radical (unpaired) electrons. The Hall–Kier alpha value is -1.31. The zero-order valence-corrected chi connectivity index (χ0v) is 9.74. The summed E-state index contributed by atoms with van der Waals surface area (Å²) in [4.78, 5) is 24.5. The molecule has 5 nitrogen and oxygen atoms in total. The van der Waals surface area contributed by atoms with Crippen LogP contribution in [0.2, 0.25) is 0 Å². The highest BCUT2D eigenvalue weighted by atomic mass is 19.4. The number of amides is 1. The van der Waals surface area contributed by atoms with Crippen molar-refractivity contribution < 1.29 is 27.9 Å². The van der Waals surface area contributed by atoms with Gasteiger partial charge in [-0.2, -0.15) is 13.2 Å². The minimum atomic E-state index is -4.23. The van der Waals surface area contributed by atoms with E-state index in [1.165, 1.54) is 9.80 Å². The molecule has 0 spiro atoms. The summed E-state index contributed by atoms with van der Waals surface area (Å²) in [5.74, 6) is -1.37. The Morgan fingerprint density at radius 3 is 2.06 bits per heavy atom. The number of carbonyl (C=O) groups excluding carboxylic acids is 1. The summed E-state index contributed by atoms with van der Waals surface area (Å²) >= 11 is 0. The number of carbonyl (C=O) groups is 2. The van der Waals surface area contributed by atoms with Crippen LogP contribution in [0.25, 0.3) is 0 Å². The average molecular weight is 268 g/mol. The summed E-state index contributed by atoms with van der Waals surface area (Å²) in [6.07, 6.45) is -4.58. The predicted molar refractivity (Wildman–Crippen MR) is 55.9 cm³/mol. The first-order valence-electron chi connectivity index (χ1n) is 5.56. The van der Waals surface area contributed by atoms with Crippen molar-refractivity contribution in [1.82, 2.24) is 9.80 Å². The molecule has 1 N–H and O–H groups in total. The van der Waals surface area contributed by atoms with Gasteiger partial charge >= 0.3 is 12.1 Å². The van der Waals surface area contributed by atoms with Crippen molar-refractivity contribution in [3.05, 3.63) is 0 Å². The molecule has 0 unspecified atom stereocenters. The highest BCUT2D eigenvalue weighted by Crippen LogP contribution is 2.17. The second-order valence-electron chi connectivity index (χ2n) is 4.17. The van der Waals surface area contributed by atoms with Gasteiger partial charge in [0.05, 0.1) is 13.0 Å². The number of alkyl halides is 3. The molecule has 8 heteroatoms. The fourth-order valence-electron chi connectivity index (χ4n) is 1.78. The Morgan fingerprint density at radius 1 is 1.06 bits per heavy atom. The summed E-state index contributed by atoms with van der Waals surface area (Å²) in [5, 5.41) is 8.43. The van der Waals surface area contributed by atoms with Gasteiger partial charge in [-0.15, -0.1) is 0 Å². The smallest absolute Gasteiger partial charge is 0.401 e. The minimum Gasteiger partial charge on any atom is -0.481 e. The van der Waals surface area contributed by atoms with Gasteiger partial charge < -0.3 is 10.0 Å². The fraction of sp³-hybridized carbons (Fsp3) is 0.800. The third kappa shape index (κ3) is 5.35. The maximum Gasteiger partial charge on any atom is 0.401 e. The number of halogens is 3. The van der Waals surface area contributed by atoms with Crippen LogP contribution in [0.1, 0.15) is 12.8 Å². The molecule has 1 amide bonds. The average Bonchev–Trinajstić information content (AvgIpc) is 2.24. The molecule has 0 saturated carbocycles. The molecule has 104 valence electrons. The van der Waals surface area contributed by atoms with E-state index in [-0.39, 0.29) is 44.9 Å². The van der Waals surface area contributed by atoms with Gasteiger partial charge in [0.2, 0.25) is 5.91 Å². The van der Waals surface area contributed by atoms with E-state index in [1.54, 1.807) is 0 Å². The maximum atomic E-state index is 12.1. The van der Waals surface area contributed by atoms with Crippen LogP contribution in [0.3, 0.4) is 0 Å². The lowest BCUT2D eigenvalue weighted by Gasteiger charge is -2.35. The molecule has 0 aromatic carbocycles. The monoisotopic (exact) mass is 268 g/mol. The van der Waals surface area contributed by atoms with Gasteiger partial charge in [0, 0.05) is 32.6 Å². The molecular formula is C10H15F3N2O3. The molecule has 18 heavy (non-hydrogen) atoms. The van der Waals surface area contributed by atoms with E-state index in [2.05, 4.69) is 0 Å². The molecule has 1 rings (SSSR count). The Labute approximate surface area is 102 Å². The van der Waals surface area contributed by atoms with Gasteiger partial charge in [0.25, 0.3) is 0 Å². The number of piperazine rings is 1. The van der Waals surface area contributed by atoms with E-state index in [0.29, 0.717) is 0 Å².